The first-order chi connectivity index (χ1) is 24.1. The SMILES string of the molecule is Cc1nc(N2CCC(CN3CCN(C(=O)c4ccc5cc(-c6n[nH]c7c6CCC(C)(C)C7)[nH]c5c4)CC3)CC2)ccc1C1CCC(=O)NC1=O. The Balaban J connectivity index is 0.827. The van der Waals surface area contributed by atoms with Crippen LogP contribution in [0.2, 0.25) is 0 Å². The average Bonchev–Trinajstić information content (AvgIpc) is 3.72. The van der Waals surface area contributed by atoms with E-state index in [-0.39, 0.29) is 23.6 Å². The summed E-state index contributed by atoms with van der Waals surface area (Å²) in [7, 11) is 0. The number of amides is 3. The number of benzene rings is 1. The molecule has 4 aliphatic rings. The minimum atomic E-state index is -0.307. The van der Waals surface area contributed by atoms with E-state index in [9.17, 15) is 14.4 Å². The fourth-order valence-corrected chi connectivity index (χ4v) is 8.58. The van der Waals surface area contributed by atoms with Gasteiger partial charge in [0.2, 0.25) is 11.8 Å². The summed E-state index contributed by atoms with van der Waals surface area (Å²) in [6.45, 7) is 12.8. The van der Waals surface area contributed by atoms with E-state index in [0.717, 1.165) is 123 Å². The van der Waals surface area contributed by atoms with Gasteiger partial charge in [0.15, 0.2) is 0 Å². The van der Waals surface area contributed by atoms with Crippen LogP contribution in [-0.2, 0) is 22.4 Å². The van der Waals surface area contributed by atoms with Gasteiger partial charge in [-0.2, -0.15) is 5.10 Å². The molecule has 1 atom stereocenters. The van der Waals surface area contributed by atoms with Crippen molar-refractivity contribution in [2.45, 2.75) is 71.6 Å². The summed E-state index contributed by atoms with van der Waals surface area (Å²) in [5.74, 6) is 0.959. The van der Waals surface area contributed by atoms with Gasteiger partial charge in [-0.3, -0.25) is 29.7 Å². The number of hydrogen-bond acceptors (Lipinski definition) is 7. The number of nitrogens with one attached hydrogen (secondary N) is 3. The minimum absolute atomic E-state index is 0.0989. The molecular weight excluding hydrogens is 628 g/mol. The van der Waals surface area contributed by atoms with Crippen LogP contribution in [0.5, 0.6) is 0 Å². The monoisotopic (exact) mass is 676 g/mol. The zero-order valence-electron chi connectivity index (χ0n) is 29.5. The molecule has 0 spiro atoms. The number of piperazine rings is 1. The minimum Gasteiger partial charge on any atom is -0.357 e. The van der Waals surface area contributed by atoms with Crippen molar-refractivity contribution in [3.8, 4) is 11.4 Å². The van der Waals surface area contributed by atoms with E-state index in [2.05, 4.69) is 51.2 Å². The lowest BCUT2D eigenvalue weighted by atomic mass is 9.76. The Morgan fingerprint density at radius 2 is 1.76 bits per heavy atom. The van der Waals surface area contributed by atoms with Crippen molar-refractivity contribution < 1.29 is 14.4 Å². The number of nitrogens with zero attached hydrogens (tertiary/aromatic N) is 5. The van der Waals surface area contributed by atoms with Crippen LogP contribution in [0.3, 0.4) is 0 Å². The maximum absolute atomic E-state index is 13.6. The molecule has 3 N–H and O–H groups in total. The number of aryl methyl sites for hydroxylation is 1. The molecule has 3 aliphatic heterocycles. The highest BCUT2D eigenvalue weighted by Gasteiger charge is 2.32. The number of carbonyl (C=O) groups excluding carboxylic acids is 3. The maximum atomic E-state index is 13.6. The van der Waals surface area contributed by atoms with Crippen molar-refractivity contribution in [3.63, 3.8) is 0 Å². The number of anilines is 1. The normalized spacial score (nSPS) is 21.8. The molecule has 0 bridgehead atoms. The summed E-state index contributed by atoms with van der Waals surface area (Å²) < 4.78 is 0. The molecular formula is C39H48N8O3. The Labute approximate surface area is 293 Å². The van der Waals surface area contributed by atoms with E-state index in [1.54, 1.807) is 0 Å². The molecule has 6 heterocycles. The second-order valence-electron chi connectivity index (χ2n) is 15.7. The summed E-state index contributed by atoms with van der Waals surface area (Å²) in [5.41, 5.74) is 8.36. The van der Waals surface area contributed by atoms with E-state index in [1.807, 2.05) is 36.1 Å². The van der Waals surface area contributed by atoms with Gasteiger partial charge < -0.3 is 14.8 Å². The lowest BCUT2D eigenvalue weighted by molar-refractivity contribution is -0.134. The second kappa shape index (κ2) is 13.0. The van der Waals surface area contributed by atoms with Gasteiger partial charge in [0, 0.05) is 85.7 Å². The van der Waals surface area contributed by atoms with E-state index in [4.69, 9.17) is 10.1 Å². The first kappa shape index (κ1) is 32.7. The Bertz CT molecular complexity index is 1940. The number of H-pyrrole nitrogens is 2. The first-order valence-corrected chi connectivity index (χ1v) is 18.4. The standard InChI is InChI=1S/C39H48N8O3/c1-24-28(29-7-9-35(48)42-37(29)49)6-8-34(40-24)46-14-11-25(12-15-46)23-45-16-18-47(19-17-45)38(50)27-5-4-26-20-32(41-31(26)21-27)36-30-10-13-39(2,3)22-33(30)43-44-36/h4-6,8,20-21,25,29,41H,7,9-19,22-23H2,1-3H3,(H,43,44)(H,42,48,49). The molecule has 3 saturated heterocycles. The largest absolute Gasteiger partial charge is 0.357 e. The number of pyridine rings is 1. The number of aromatic nitrogens is 4. The van der Waals surface area contributed by atoms with Crippen LogP contribution in [0.4, 0.5) is 5.82 Å². The van der Waals surface area contributed by atoms with Crippen LogP contribution in [0.15, 0.2) is 36.4 Å². The third-order valence-electron chi connectivity index (χ3n) is 11.6. The van der Waals surface area contributed by atoms with Gasteiger partial charge in [-0.1, -0.05) is 26.0 Å². The smallest absolute Gasteiger partial charge is 0.254 e. The fraction of sp³-hybridized carbons (Fsp3) is 0.513. The van der Waals surface area contributed by atoms with E-state index in [0.29, 0.717) is 24.2 Å². The number of piperidine rings is 2. The lowest BCUT2D eigenvalue weighted by Gasteiger charge is -2.39. The Morgan fingerprint density at radius 1 is 0.960 bits per heavy atom. The molecule has 11 heteroatoms. The summed E-state index contributed by atoms with van der Waals surface area (Å²) in [5, 5.41) is 11.5. The number of hydrogen-bond donors (Lipinski definition) is 3. The topological polar surface area (TPSA) is 130 Å². The molecule has 0 radical (unpaired) electrons. The molecule has 1 aromatic carbocycles. The van der Waals surface area contributed by atoms with Crippen LogP contribution >= 0.6 is 0 Å². The summed E-state index contributed by atoms with van der Waals surface area (Å²) in [6.07, 6.45) is 6.32. The Hall–Kier alpha value is -4.51. The van der Waals surface area contributed by atoms with E-state index < -0.39 is 0 Å². The predicted octanol–water partition coefficient (Wildman–Crippen LogP) is 4.97. The van der Waals surface area contributed by atoms with Crippen molar-refractivity contribution >= 4 is 34.4 Å². The fourth-order valence-electron chi connectivity index (χ4n) is 8.58. The molecule has 3 aromatic heterocycles. The third-order valence-corrected chi connectivity index (χ3v) is 11.6. The second-order valence-corrected chi connectivity index (χ2v) is 15.7. The highest BCUT2D eigenvalue weighted by atomic mass is 16.2. The van der Waals surface area contributed by atoms with Crippen LogP contribution < -0.4 is 10.2 Å². The predicted molar refractivity (Wildman–Crippen MR) is 193 cm³/mol. The van der Waals surface area contributed by atoms with Gasteiger partial charge in [0.1, 0.15) is 11.5 Å². The number of carbonyl (C=O) groups is 3. The van der Waals surface area contributed by atoms with Crippen molar-refractivity contribution in [1.29, 1.82) is 0 Å². The average molecular weight is 677 g/mol. The number of fused-ring (bicyclic) bond motifs is 2. The van der Waals surface area contributed by atoms with Gasteiger partial charge in [-0.05, 0) is 86.6 Å². The van der Waals surface area contributed by atoms with Crippen LogP contribution in [0.25, 0.3) is 22.3 Å². The summed E-state index contributed by atoms with van der Waals surface area (Å²) in [6, 6.07) is 12.2. The summed E-state index contributed by atoms with van der Waals surface area (Å²) >= 11 is 0. The first-order valence-electron chi connectivity index (χ1n) is 18.4. The maximum Gasteiger partial charge on any atom is 0.254 e. The molecule has 0 saturated carbocycles. The highest BCUT2D eigenvalue weighted by molar-refractivity contribution is 6.01. The molecule has 3 fully saturated rings. The zero-order valence-corrected chi connectivity index (χ0v) is 29.5. The quantitative estimate of drug-likeness (QED) is 0.246. The number of imide groups is 1. The van der Waals surface area contributed by atoms with Gasteiger partial charge in [0.05, 0.1) is 11.6 Å². The Morgan fingerprint density at radius 3 is 2.52 bits per heavy atom. The third kappa shape index (κ3) is 6.43. The van der Waals surface area contributed by atoms with Gasteiger partial charge in [0.25, 0.3) is 5.91 Å². The van der Waals surface area contributed by atoms with E-state index in [1.165, 1.54) is 11.3 Å². The molecule has 4 aromatic rings. The van der Waals surface area contributed by atoms with Gasteiger partial charge in [-0.15, -0.1) is 0 Å². The van der Waals surface area contributed by atoms with Crippen molar-refractivity contribution in [3.05, 3.63) is 64.5 Å². The van der Waals surface area contributed by atoms with Crippen LogP contribution in [-0.4, -0.2) is 93.5 Å². The highest BCUT2D eigenvalue weighted by Crippen LogP contribution is 2.38. The molecule has 1 unspecified atom stereocenters. The number of aromatic amines is 2. The number of rotatable bonds is 6. The van der Waals surface area contributed by atoms with Crippen molar-refractivity contribution in [1.82, 2.24) is 35.3 Å². The lowest BCUT2D eigenvalue weighted by Crippen LogP contribution is -2.50. The molecule has 50 heavy (non-hydrogen) atoms. The Kier molecular flexibility index (Phi) is 8.49. The van der Waals surface area contributed by atoms with Gasteiger partial charge >= 0.3 is 0 Å². The van der Waals surface area contributed by atoms with E-state index >= 15 is 0 Å². The molecule has 262 valence electrons. The zero-order chi connectivity index (χ0) is 34.6. The van der Waals surface area contributed by atoms with Crippen molar-refractivity contribution in [2.24, 2.45) is 11.3 Å². The molecule has 1 aliphatic carbocycles. The van der Waals surface area contributed by atoms with Gasteiger partial charge in [-0.25, -0.2) is 4.98 Å². The van der Waals surface area contributed by atoms with Crippen LogP contribution in [0, 0.1) is 18.3 Å². The molecule has 11 nitrogen and oxygen atoms in total. The van der Waals surface area contributed by atoms with Crippen molar-refractivity contribution in [2.75, 3.05) is 50.7 Å². The molecule has 3 amide bonds. The summed E-state index contributed by atoms with van der Waals surface area (Å²) in [4.78, 5) is 52.9. The van der Waals surface area contributed by atoms with Crippen LogP contribution in [0.1, 0.15) is 84.7 Å². The molecule has 8 rings (SSSR count).